The number of ether oxygens (including phenoxy) is 3. The topological polar surface area (TPSA) is 201 Å². The van der Waals surface area contributed by atoms with Crippen LogP contribution >= 0.6 is 0 Å². The quantitative estimate of drug-likeness (QED) is 0.0725. The van der Waals surface area contributed by atoms with Crippen molar-refractivity contribution in [1.29, 1.82) is 0 Å². The summed E-state index contributed by atoms with van der Waals surface area (Å²) in [7, 11) is -4.72. The fourth-order valence-electron chi connectivity index (χ4n) is 11.3. The highest BCUT2D eigenvalue weighted by Crippen LogP contribution is 2.53. The molecule has 4 N–H and O–H groups in total. The number of hydrogen-bond acceptors (Lipinski definition) is 13. The second kappa shape index (κ2) is 17.9. The van der Waals surface area contributed by atoms with Gasteiger partial charge in [-0.3, -0.25) is 19.8 Å². The molecule has 3 aliphatic heterocycles. The predicted molar refractivity (Wildman–Crippen MR) is 254 cm³/mol. The van der Waals surface area contributed by atoms with Crippen molar-refractivity contribution in [3.05, 3.63) is 106 Å². The Labute approximate surface area is 394 Å². The van der Waals surface area contributed by atoms with E-state index in [2.05, 4.69) is 67.9 Å². The number of piperidine rings is 1. The van der Waals surface area contributed by atoms with Crippen LogP contribution in [-0.4, -0.2) is 96.4 Å². The fraction of sp³-hybridized carbons (Fsp3) is 0.480. The number of rotatable bonds is 11. The van der Waals surface area contributed by atoms with Gasteiger partial charge in [0.1, 0.15) is 29.6 Å². The molecule has 5 aromatic rings. The summed E-state index contributed by atoms with van der Waals surface area (Å²) in [5.74, 6) is -0.989. The number of halogens is 1. The van der Waals surface area contributed by atoms with Gasteiger partial charge in [-0.1, -0.05) is 38.1 Å². The van der Waals surface area contributed by atoms with E-state index in [-0.39, 0.29) is 63.9 Å². The third-order valence-electron chi connectivity index (χ3n) is 15.2. The molecule has 3 aromatic carbocycles. The lowest BCUT2D eigenvalue weighted by Crippen LogP contribution is -2.58. The molecular formula is C50H58FN7O9S. The third-order valence-corrected chi connectivity index (χ3v) is 16.6. The molecule has 0 bridgehead atoms. The average molecular weight is 952 g/mol. The molecule has 16 nitrogen and oxygen atoms in total. The van der Waals surface area contributed by atoms with E-state index >= 15 is 0 Å². The number of morpholine rings is 1. The number of sulfonamides is 1. The number of nitro groups is 1. The van der Waals surface area contributed by atoms with E-state index in [1.807, 2.05) is 0 Å². The summed E-state index contributed by atoms with van der Waals surface area (Å²) in [6.07, 6.45) is 9.28. The predicted octanol–water partition coefficient (Wildman–Crippen LogP) is 8.58. The van der Waals surface area contributed by atoms with Gasteiger partial charge < -0.3 is 34.5 Å². The molecule has 1 spiro atoms. The zero-order valence-electron chi connectivity index (χ0n) is 38.5. The van der Waals surface area contributed by atoms with Crippen LogP contribution in [0.3, 0.4) is 0 Å². The molecule has 2 aliphatic carbocycles. The lowest BCUT2D eigenvalue weighted by Gasteiger charge is -2.57. The molecule has 5 heterocycles. The van der Waals surface area contributed by atoms with Crippen molar-refractivity contribution in [1.82, 2.24) is 19.6 Å². The number of nitro benzene ring substituents is 1. The maximum Gasteiger partial charge on any atom is 0.297 e. The van der Waals surface area contributed by atoms with Gasteiger partial charge in [-0.2, -0.15) is 0 Å². The molecule has 0 unspecified atom stereocenters. The number of benzene rings is 3. The number of carbonyl (C=O) groups is 1. The normalized spacial score (nSPS) is 24.2. The standard InChI is InChI=1S/C50H58FN7O9S/c1-30(2)36-6-4-5-7-37(36)43-29-65-19-18-57(43)33-24-50(25-33)14-16-56(17-15-50)32-8-9-38(44(20-32)67-34-21-39-40(51)27-53-47(39)52-26-34)48(59)55-68(63,64)35-22-42(58(61)62)46-45(23-35)66-28-41(54-46)31-10-12-49(3,60)13-11-31/h4-9,20-23,26-27,30-31,33,41,43,54,60H,10-19,24-25,28-29H2,1-3H3,(H,52,53)(H,55,59)/t31-,41-,43+,49-/m1/s1. The number of pyridine rings is 1. The summed E-state index contributed by atoms with van der Waals surface area (Å²) in [4.78, 5) is 37.2. The Morgan fingerprint density at radius 1 is 1.04 bits per heavy atom. The first-order valence-electron chi connectivity index (χ1n) is 23.7. The molecule has 68 heavy (non-hydrogen) atoms. The fourth-order valence-corrected chi connectivity index (χ4v) is 12.3. The number of aromatic nitrogens is 2. The molecular weight excluding hydrogens is 894 g/mol. The molecule has 2 aromatic heterocycles. The van der Waals surface area contributed by atoms with Crippen molar-refractivity contribution in [2.24, 2.45) is 11.3 Å². The van der Waals surface area contributed by atoms with E-state index in [1.165, 1.54) is 35.7 Å². The Balaban J connectivity index is 0.864. The minimum Gasteiger partial charge on any atom is -0.489 e. The van der Waals surface area contributed by atoms with Crippen LogP contribution in [0.4, 0.5) is 21.5 Å². The van der Waals surface area contributed by atoms with Crippen molar-refractivity contribution in [2.45, 2.75) is 107 Å². The van der Waals surface area contributed by atoms with E-state index in [1.54, 1.807) is 19.1 Å². The number of aliphatic hydroxyl groups is 1. The Kier molecular flexibility index (Phi) is 12.1. The van der Waals surface area contributed by atoms with Gasteiger partial charge >= 0.3 is 0 Å². The van der Waals surface area contributed by atoms with Crippen molar-refractivity contribution >= 4 is 44.0 Å². The Morgan fingerprint density at radius 2 is 1.81 bits per heavy atom. The van der Waals surface area contributed by atoms with Crippen molar-refractivity contribution in [3.63, 3.8) is 0 Å². The zero-order valence-corrected chi connectivity index (χ0v) is 39.3. The summed E-state index contributed by atoms with van der Waals surface area (Å²) >= 11 is 0. The minimum atomic E-state index is -4.72. The molecule has 5 aliphatic rings. The van der Waals surface area contributed by atoms with Gasteiger partial charge in [0, 0.05) is 55.8 Å². The van der Waals surface area contributed by atoms with Crippen LogP contribution in [0.25, 0.3) is 11.0 Å². The van der Waals surface area contributed by atoms with E-state index < -0.39 is 42.9 Å². The second-order valence-electron chi connectivity index (χ2n) is 20.1. The number of hydrogen-bond donors (Lipinski definition) is 4. The highest BCUT2D eigenvalue weighted by atomic mass is 32.2. The highest BCUT2D eigenvalue weighted by Gasteiger charge is 2.50. The number of fused-ring (bicyclic) bond motifs is 2. The molecule has 0 radical (unpaired) electrons. The SMILES string of the molecule is CC(C)c1ccccc1[C@@H]1COCCN1C1CC2(CCN(c3ccc(C(=O)NS(=O)(=O)c4cc5c(c([N+](=O)[O-])c4)N[C@@H]([C@H]4CC[C@](C)(O)CC4)CO5)c(Oc4cnc5[nH]cc(F)c5c4)c3)CC2)C1. The number of aromatic amines is 1. The number of nitrogens with zero attached hydrogens (tertiary/aromatic N) is 4. The molecule has 2 saturated heterocycles. The van der Waals surface area contributed by atoms with E-state index in [4.69, 9.17) is 14.2 Å². The van der Waals surface area contributed by atoms with Crippen molar-refractivity contribution in [3.8, 4) is 17.2 Å². The van der Waals surface area contributed by atoms with Crippen LogP contribution in [0.15, 0.2) is 78.0 Å². The number of amides is 1. The maximum absolute atomic E-state index is 14.7. The van der Waals surface area contributed by atoms with Gasteiger partial charge in [0.05, 0.1) is 57.9 Å². The van der Waals surface area contributed by atoms with Gasteiger partial charge in [-0.25, -0.2) is 22.5 Å². The van der Waals surface area contributed by atoms with Gasteiger partial charge in [0.2, 0.25) is 0 Å². The molecule has 18 heteroatoms. The third kappa shape index (κ3) is 8.98. The van der Waals surface area contributed by atoms with Crippen LogP contribution < -0.4 is 24.4 Å². The van der Waals surface area contributed by atoms with Gasteiger partial charge in [0.15, 0.2) is 11.4 Å². The van der Waals surface area contributed by atoms with E-state index in [9.17, 15) is 32.8 Å². The minimum absolute atomic E-state index is 0.00977. The number of carbonyl (C=O) groups excluding carboxylic acids is 1. The van der Waals surface area contributed by atoms with E-state index in [0.717, 1.165) is 69.7 Å². The Morgan fingerprint density at radius 3 is 2.56 bits per heavy atom. The van der Waals surface area contributed by atoms with Crippen LogP contribution in [-0.2, 0) is 14.8 Å². The van der Waals surface area contributed by atoms with Crippen LogP contribution in [0.1, 0.15) is 106 Å². The number of nitrogens with one attached hydrogen (secondary N) is 3. The lowest BCUT2D eigenvalue weighted by molar-refractivity contribution is -0.384. The maximum atomic E-state index is 14.7. The van der Waals surface area contributed by atoms with Crippen LogP contribution in [0.5, 0.6) is 17.2 Å². The largest absolute Gasteiger partial charge is 0.489 e. The Bertz CT molecular complexity index is 2850. The molecule has 2 saturated carbocycles. The number of anilines is 2. The summed E-state index contributed by atoms with van der Waals surface area (Å²) in [5, 5.41) is 26.2. The summed E-state index contributed by atoms with van der Waals surface area (Å²) in [6, 6.07) is 17.6. The highest BCUT2D eigenvalue weighted by molar-refractivity contribution is 7.90. The zero-order chi connectivity index (χ0) is 47.5. The first-order valence-corrected chi connectivity index (χ1v) is 25.2. The van der Waals surface area contributed by atoms with Crippen LogP contribution in [0.2, 0.25) is 0 Å². The molecule has 10 rings (SSSR count). The van der Waals surface area contributed by atoms with Crippen molar-refractivity contribution in [2.75, 3.05) is 49.7 Å². The monoisotopic (exact) mass is 951 g/mol. The lowest BCUT2D eigenvalue weighted by atomic mass is 9.59. The van der Waals surface area contributed by atoms with Crippen molar-refractivity contribution < 1.29 is 41.8 Å². The summed E-state index contributed by atoms with van der Waals surface area (Å²) < 4.78 is 63.0. The average Bonchev–Trinajstić information content (AvgIpc) is 3.69. The first kappa shape index (κ1) is 45.9. The molecule has 360 valence electrons. The molecule has 4 fully saturated rings. The smallest absolute Gasteiger partial charge is 0.297 e. The number of H-pyrrole nitrogens is 1. The van der Waals surface area contributed by atoms with Gasteiger partial charge in [-0.15, -0.1) is 0 Å². The van der Waals surface area contributed by atoms with Crippen LogP contribution in [0, 0.1) is 27.3 Å². The first-order chi connectivity index (χ1) is 32.6. The summed E-state index contributed by atoms with van der Waals surface area (Å²) in [5.41, 5.74) is 2.63. The van der Waals surface area contributed by atoms with E-state index in [0.29, 0.717) is 49.9 Å². The summed E-state index contributed by atoms with van der Waals surface area (Å²) in [6.45, 7) is 10.2. The van der Waals surface area contributed by atoms with Gasteiger partial charge in [-0.05, 0) is 105 Å². The Hall–Kier alpha value is -5.82. The molecule has 1 amide bonds. The van der Waals surface area contributed by atoms with Gasteiger partial charge in [0.25, 0.3) is 21.6 Å². The molecule has 2 atom stereocenters. The second-order valence-corrected chi connectivity index (χ2v) is 21.7.